The Hall–Kier alpha value is -0.736. The first kappa shape index (κ1) is 34.5. The molecule has 39 heavy (non-hydrogen) atoms. The second kappa shape index (κ2) is 17.3. The molecule has 0 aliphatic heterocycles. The van der Waals surface area contributed by atoms with Crippen molar-refractivity contribution >= 4 is 45.2 Å². The monoisotopic (exact) mass is 583 g/mol. The van der Waals surface area contributed by atoms with Crippen molar-refractivity contribution in [1.82, 2.24) is 5.09 Å². The van der Waals surface area contributed by atoms with Crippen molar-refractivity contribution in [2.75, 3.05) is 0 Å². The van der Waals surface area contributed by atoms with Crippen molar-refractivity contribution in [3.05, 3.63) is 48.5 Å². The highest BCUT2D eigenvalue weighted by atomic mass is 31.1. The molecule has 0 aromatic heterocycles. The molecule has 0 saturated heterocycles. The van der Waals surface area contributed by atoms with E-state index in [0.29, 0.717) is 12.0 Å². The summed E-state index contributed by atoms with van der Waals surface area (Å²) in [6.45, 7) is 21.5. The van der Waals surface area contributed by atoms with E-state index in [4.69, 9.17) is 0 Å². The van der Waals surface area contributed by atoms with Gasteiger partial charge >= 0.3 is 0 Å². The van der Waals surface area contributed by atoms with Gasteiger partial charge in [-0.25, -0.2) is 0 Å². The molecule has 0 heterocycles. The third kappa shape index (κ3) is 9.12. The van der Waals surface area contributed by atoms with E-state index in [9.17, 15) is 0 Å². The van der Waals surface area contributed by atoms with Gasteiger partial charge in [0.25, 0.3) is 0 Å². The summed E-state index contributed by atoms with van der Waals surface area (Å²) in [5.41, 5.74) is 0. The fraction of sp³-hybridized carbons (Fsp3) is 0.657. The van der Waals surface area contributed by atoms with Crippen LogP contribution in [-0.2, 0) is 0 Å². The van der Waals surface area contributed by atoms with Crippen LogP contribution < -0.4 is 26.1 Å². The van der Waals surface area contributed by atoms with Crippen molar-refractivity contribution in [2.45, 2.75) is 143 Å². The Balaban J connectivity index is 2.69. The number of hydrogen-bond acceptors (Lipinski definition) is 1. The van der Waals surface area contributed by atoms with Gasteiger partial charge in [-0.1, -0.05) is 189 Å². The molecule has 1 unspecified atom stereocenters. The lowest BCUT2D eigenvalue weighted by atomic mass is 10.1. The van der Waals surface area contributed by atoms with Gasteiger partial charge in [0.2, 0.25) is 0 Å². The van der Waals surface area contributed by atoms with Gasteiger partial charge in [0.15, 0.2) is 0 Å². The van der Waals surface area contributed by atoms with Gasteiger partial charge in [0.05, 0.1) is 16.1 Å². The van der Waals surface area contributed by atoms with Gasteiger partial charge in [-0.2, -0.15) is 0 Å². The molecule has 0 amide bonds. The first-order valence-electron chi connectivity index (χ1n) is 16.5. The molecule has 2 aromatic rings. The highest BCUT2D eigenvalue weighted by Gasteiger charge is 2.34. The SMILES string of the molecule is CCC[Si](CCC)(CCC)c1cccc(P(NC(C)C(C)C)c2cccc([Si](CCC)(CCC)CCC)c2)c1. The maximum Gasteiger partial charge on any atom is 0.0867 e. The van der Waals surface area contributed by atoms with E-state index in [1.807, 2.05) is 0 Å². The molecule has 4 heteroatoms. The Labute approximate surface area is 247 Å². The second-order valence-corrected chi connectivity index (χ2v) is 23.9. The Morgan fingerprint density at radius 3 is 1.18 bits per heavy atom. The molecule has 0 spiro atoms. The topological polar surface area (TPSA) is 12.0 Å². The average molecular weight is 584 g/mol. The summed E-state index contributed by atoms with van der Waals surface area (Å²) >= 11 is 0. The van der Waals surface area contributed by atoms with Gasteiger partial charge in [0, 0.05) is 14.1 Å². The van der Waals surface area contributed by atoms with Crippen LogP contribution in [0.2, 0.25) is 36.3 Å². The van der Waals surface area contributed by atoms with Gasteiger partial charge in [-0.05, 0) is 23.5 Å². The van der Waals surface area contributed by atoms with Crippen molar-refractivity contribution in [3.63, 3.8) is 0 Å². The largest absolute Gasteiger partial charge is 0.285 e. The highest BCUT2D eigenvalue weighted by Crippen LogP contribution is 2.33. The third-order valence-electron chi connectivity index (χ3n) is 9.14. The molecule has 1 nitrogen and oxygen atoms in total. The standard InChI is InChI=1S/C35H62NPSi2/c1-10-22-38(23-11-2,24-12-3)34-20-16-18-32(28-34)37(36-31(9)30(7)8)33-19-17-21-35(29-33)39(25-13-4,26-14-5)27-15-6/h16-21,28-31,36H,10-15,22-27H2,1-9H3. The molecule has 2 aromatic carbocycles. The van der Waals surface area contributed by atoms with Crippen LogP contribution in [0.5, 0.6) is 0 Å². The predicted octanol–water partition coefficient (Wildman–Crippen LogP) is 9.44. The van der Waals surface area contributed by atoms with Gasteiger partial charge in [-0.15, -0.1) is 0 Å². The fourth-order valence-electron chi connectivity index (χ4n) is 7.09. The number of benzene rings is 2. The summed E-state index contributed by atoms with van der Waals surface area (Å²) < 4.78 is 0. The van der Waals surface area contributed by atoms with E-state index in [1.165, 1.54) is 74.8 Å². The first-order chi connectivity index (χ1) is 18.8. The average Bonchev–Trinajstić information content (AvgIpc) is 2.92. The lowest BCUT2D eigenvalue weighted by molar-refractivity contribution is 0.499. The van der Waals surface area contributed by atoms with Crippen LogP contribution in [0.4, 0.5) is 0 Å². The molecule has 1 N–H and O–H groups in total. The summed E-state index contributed by atoms with van der Waals surface area (Å²) in [5.74, 6) is 0.615. The molecular weight excluding hydrogens is 522 g/mol. The summed E-state index contributed by atoms with van der Waals surface area (Å²) in [6, 6.07) is 29.1. The minimum Gasteiger partial charge on any atom is -0.285 e. The minimum absolute atomic E-state index is 0.483. The van der Waals surface area contributed by atoms with E-state index in [1.54, 1.807) is 21.0 Å². The molecule has 0 aliphatic rings. The Morgan fingerprint density at radius 1 is 0.564 bits per heavy atom. The zero-order valence-corrected chi connectivity index (χ0v) is 30.1. The molecule has 1 atom stereocenters. The van der Waals surface area contributed by atoms with E-state index < -0.39 is 24.2 Å². The zero-order valence-electron chi connectivity index (χ0n) is 27.2. The Morgan fingerprint density at radius 2 is 0.897 bits per heavy atom. The highest BCUT2D eigenvalue weighted by molar-refractivity contribution is 7.71. The second-order valence-electron chi connectivity index (χ2n) is 12.7. The van der Waals surface area contributed by atoms with E-state index in [-0.39, 0.29) is 0 Å². The number of hydrogen-bond donors (Lipinski definition) is 1. The zero-order chi connectivity index (χ0) is 28.9. The predicted molar refractivity (Wildman–Crippen MR) is 188 cm³/mol. The molecule has 2 rings (SSSR count). The third-order valence-corrected chi connectivity index (χ3v) is 23.2. The van der Waals surface area contributed by atoms with Crippen LogP contribution in [0.15, 0.2) is 48.5 Å². The van der Waals surface area contributed by atoms with E-state index in [2.05, 4.69) is 116 Å². The van der Waals surface area contributed by atoms with Crippen LogP contribution in [0, 0.1) is 5.92 Å². The fourth-order valence-corrected chi connectivity index (χ4v) is 20.4. The lowest BCUT2D eigenvalue weighted by Gasteiger charge is -2.34. The van der Waals surface area contributed by atoms with Crippen molar-refractivity contribution < 1.29 is 0 Å². The Kier molecular flexibility index (Phi) is 15.3. The summed E-state index contributed by atoms with van der Waals surface area (Å²) in [7, 11) is -3.60. The Bertz CT molecular complexity index is 856. The summed E-state index contributed by atoms with van der Waals surface area (Å²) in [5, 5.41) is 10.7. The summed E-state index contributed by atoms with van der Waals surface area (Å²) in [4.78, 5) is 0. The van der Waals surface area contributed by atoms with Gasteiger partial charge < -0.3 is 0 Å². The van der Waals surface area contributed by atoms with Crippen LogP contribution >= 0.6 is 8.07 Å². The molecule has 220 valence electrons. The van der Waals surface area contributed by atoms with Crippen molar-refractivity contribution in [1.29, 1.82) is 0 Å². The van der Waals surface area contributed by atoms with Crippen LogP contribution in [-0.4, -0.2) is 22.2 Å². The van der Waals surface area contributed by atoms with E-state index in [0.717, 1.165) is 0 Å². The quantitative estimate of drug-likeness (QED) is 0.128. The maximum absolute atomic E-state index is 4.19. The normalized spacial score (nSPS) is 13.4. The molecule has 0 radical (unpaired) electrons. The lowest BCUT2D eigenvalue weighted by Crippen LogP contribution is -2.49. The van der Waals surface area contributed by atoms with Crippen LogP contribution in [0.3, 0.4) is 0 Å². The van der Waals surface area contributed by atoms with Crippen molar-refractivity contribution in [2.24, 2.45) is 5.92 Å². The van der Waals surface area contributed by atoms with Gasteiger partial charge in [0.1, 0.15) is 0 Å². The van der Waals surface area contributed by atoms with E-state index >= 15 is 0 Å². The van der Waals surface area contributed by atoms with Crippen LogP contribution in [0.25, 0.3) is 0 Å². The number of rotatable bonds is 19. The van der Waals surface area contributed by atoms with Crippen LogP contribution in [0.1, 0.15) is 101 Å². The minimum atomic E-state index is -1.50. The molecule has 0 saturated carbocycles. The molecule has 0 fully saturated rings. The van der Waals surface area contributed by atoms with Crippen molar-refractivity contribution in [3.8, 4) is 0 Å². The molecular formula is C35H62NPSi2. The first-order valence-corrected chi connectivity index (χ1v) is 23.1. The van der Waals surface area contributed by atoms with Gasteiger partial charge in [-0.3, -0.25) is 5.09 Å². The number of nitrogens with one attached hydrogen (secondary N) is 1. The molecule has 0 bridgehead atoms. The summed E-state index contributed by atoms with van der Waals surface area (Å²) in [6.07, 6.45) is 7.89. The smallest absolute Gasteiger partial charge is 0.0867 e. The maximum atomic E-state index is 4.19. The molecule has 0 aliphatic carbocycles.